The molecule has 0 aliphatic heterocycles. The molecule has 0 aliphatic rings. The first-order valence-corrected chi connectivity index (χ1v) is 11.6. The van der Waals surface area contributed by atoms with E-state index in [9.17, 15) is 4.79 Å². The molecule has 4 nitrogen and oxygen atoms in total. The first kappa shape index (κ1) is 21.8. The fourth-order valence-electron chi connectivity index (χ4n) is 3.38. The van der Waals surface area contributed by atoms with E-state index in [0.29, 0.717) is 23.7 Å². The topological polar surface area (TPSA) is 40.5 Å². The minimum Gasteiger partial charge on any atom is -0.496 e. The lowest BCUT2D eigenvalue weighted by Crippen LogP contribution is -2.10. The number of rotatable bonds is 9. The summed E-state index contributed by atoms with van der Waals surface area (Å²) in [5, 5.41) is 0.878. The average molecular weight is 476 g/mol. The molecule has 0 fully saturated rings. The molecule has 0 amide bonds. The molecule has 3 aromatic rings. The van der Waals surface area contributed by atoms with Crippen molar-refractivity contribution in [2.45, 2.75) is 43.9 Å². The molecule has 0 saturated heterocycles. The maximum absolute atomic E-state index is 13.0. The zero-order chi connectivity index (χ0) is 20.8. The third-order valence-corrected chi connectivity index (χ3v) is 6.42. The Labute approximate surface area is 184 Å². The summed E-state index contributed by atoms with van der Waals surface area (Å²) in [6, 6.07) is 14.2. The minimum absolute atomic E-state index is 0.277. The van der Waals surface area contributed by atoms with E-state index in [1.807, 2.05) is 37.3 Å². The second-order valence-electron chi connectivity index (χ2n) is 6.65. The molecule has 0 N–H and O–H groups in total. The predicted molar refractivity (Wildman–Crippen MR) is 123 cm³/mol. The van der Waals surface area contributed by atoms with Crippen LogP contribution in [-0.4, -0.2) is 24.3 Å². The lowest BCUT2D eigenvalue weighted by atomic mass is 10.1. The number of methoxy groups -OCH3 is 1. The van der Waals surface area contributed by atoms with Gasteiger partial charge in [-0.1, -0.05) is 31.5 Å². The molecule has 2 aromatic carbocycles. The van der Waals surface area contributed by atoms with Gasteiger partial charge in [-0.25, -0.2) is 4.79 Å². The third-order valence-electron chi connectivity index (χ3n) is 4.78. The summed E-state index contributed by atoms with van der Waals surface area (Å²) in [6.07, 6.45) is 2.12. The Hall–Kier alpha value is -1.92. The Kier molecular flexibility index (Phi) is 7.67. The average Bonchev–Trinajstić information content (AvgIpc) is 3.03. The summed E-state index contributed by atoms with van der Waals surface area (Å²) < 4.78 is 14.1. The largest absolute Gasteiger partial charge is 0.496 e. The van der Waals surface area contributed by atoms with Crippen molar-refractivity contribution in [1.82, 2.24) is 4.57 Å². The number of nitrogens with zero attached hydrogens (tertiary/aromatic N) is 1. The standard InChI is InChI=1S/C23H26BrNO3S/c1-4-6-12-25-19-14-18(24)21(27-3)13-17(19)22(23(26)28-5-2)20(25)15-29-16-10-8-7-9-11-16/h7-11,13-14H,4-6,12,15H2,1-3H3. The molecule has 154 valence electrons. The van der Waals surface area contributed by atoms with Crippen LogP contribution in [0.1, 0.15) is 42.7 Å². The van der Waals surface area contributed by atoms with Crippen LogP contribution >= 0.6 is 27.7 Å². The molecule has 0 unspecified atom stereocenters. The maximum atomic E-state index is 13.0. The number of unbranched alkanes of at least 4 members (excludes halogenated alkanes) is 1. The Balaban J connectivity index is 2.17. The zero-order valence-electron chi connectivity index (χ0n) is 17.0. The van der Waals surface area contributed by atoms with Gasteiger partial charge < -0.3 is 14.0 Å². The summed E-state index contributed by atoms with van der Waals surface area (Å²) in [6.45, 7) is 5.22. The molecule has 0 saturated carbocycles. The van der Waals surface area contributed by atoms with E-state index in [1.165, 1.54) is 4.90 Å². The molecule has 0 bridgehead atoms. The normalized spacial score (nSPS) is 11.0. The number of thioether (sulfide) groups is 1. The fourth-order valence-corrected chi connectivity index (χ4v) is 4.83. The van der Waals surface area contributed by atoms with E-state index >= 15 is 0 Å². The Bertz CT molecular complexity index is 985. The van der Waals surface area contributed by atoms with Gasteiger partial charge in [0.1, 0.15) is 5.75 Å². The molecule has 6 heteroatoms. The van der Waals surface area contributed by atoms with E-state index in [0.717, 1.165) is 40.5 Å². The molecule has 1 heterocycles. The molecule has 0 radical (unpaired) electrons. The van der Waals surface area contributed by atoms with Gasteiger partial charge in [0.15, 0.2) is 0 Å². The SMILES string of the molecule is CCCCn1c(CSc2ccccc2)c(C(=O)OCC)c2cc(OC)c(Br)cc21. The second-order valence-corrected chi connectivity index (χ2v) is 8.56. The number of carbonyl (C=O) groups is 1. The maximum Gasteiger partial charge on any atom is 0.340 e. The van der Waals surface area contributed by atoms with E-state index < -0.39 is 0 Å². The van der Waals surface area contributed by atoms with Crippen LogP contribution in [-0.2, 0) is 17.0 Å². The van der Waals surface area contributed by atoms with Crippen LogP contribution in [0.15, 0.2) is 51.8 Å². The van der Waals surface area contributed by atoms with E-state index in [-0.39, 0.29) is 5.97 Å². The number of halogens is 1. The number of fused-ring (bicyclic) bond motifs is 1. The number of hydrogen-bond donors (Lipinski definition) is 0. The highest BCUT2D eigenvalue weighted by atomic mass is 79.9. The van der Waals surface area contributed by atoms with Gasteiger partial charge in [-0.05, 0) is 53.5 Å². The number of carbonyl (C=O) groups excluding carboxylic acids is 1. The monoisotopic (exact) mass is 475 g/mol. The van der Waals surface area contributed by atoms with Gasteiger partial charge >= 0.3 is 5.97 Å². The van der Waals surface area contributed by atoms with Crippen LogP contribution in [0, 0.1) is 0 Å². The Morgan fingerprint density at radius 3 is 2.59 bits per heavy atom. The zero-order valence-corrected chi connectivity index (χ0v) is 19.4. The van der Waals surface area contributed by atoms with Crippen molar-refractivity contribution in [3.05, 3.63) is 58.2 Å². The van der Waals surface area contributed by atoms with Gasteiger partial charge in [0.05, 0.1) is 29.3 Å². The smallest absolute Gasteiger partial charge is 0.340 e. The molecular weight excluding hydrogens is 450 g/mol. The van der Waals surface area contributed by atoms with Gasteiger partial charge in [0.25, 0.3) is 0 Å². The van der Waals surface area contributed by atoms with Crippen LogP contribution < -0.4 is 4.74 Å². The lowest BCUT2D eigenvalue weighted by molar-refractivity contribution is 0.0527. The fraction of sp³-hybridized carbons (Fsp3) is 0.348. The molecule has 1 aromatic heterocycles. The van der Waals surface area contributed by atoms with Crippen LogP contribution in [0.5, 0.6) is 5.75 Å². The summed E-state index contributed by atoms with van der Waals surface area (Å²) >= 11 is 5.33. The highest BCUT2D eigenvalue weighted by Crippen LogP contribution is 2.37. The first-order chi connectivity index (χ1) is 14.1. The van der Waals surface area contributed by atoms with Crippen molar-refractivity contribution in [1.29, 1.82) is 0 Å². The van der Waals surface area contributed by atoms with Crippen molar-refractivity contribution in [2.75, 3.05) is 13.7 Å². The first-order valence-electron chi connectivity index (χ1n) is 9.84. The van der Waals surface area contributed by atoms with Gasteiger partial charge in [-0.2, -0.15) is 0 Å². The summed E-state index contributed by atoms with van der Waals surface area (Å²) in [5.74, 6) is 1.12. The minimum atomic E-state index is -0.277. The lowest BCUT2D eigenvalue weighted by Gasteiger charge is -2.12. The number of aromatic nitrogens is 1. The molecular formula is C23H26BrNO3S. The predicted octanol–water partition coefficient (Wildman–Crippen LogP) is 6.68. The highest BCUT2D eigenvalue weighted by Gasteiger charge is 2.25. The van der Waals surface area contributed by atoms with Crippen molar-refractivity contribution in [3.63, 3.8) is 0 Å². The van der Waals surface area contributed by atoms with Crippen LogP contribution in [0.3, 0.4) is 0 Å². The van der Waals surface area contributed by atoms with Crippen LogP contribution in [0.4, 0.5) is 0 Å². The molecule has 3 rings (SSSR count). The van der Waals surface area contributed by atoms with Gasteiger partial charge in [0, 0.05) is 28.3 Å². The second kappa shape index (κ2) is 10.2. The van der Waals surface area contributed by atoms with Crippen molar-refractivity contribution in [2.24, 2.45) is 0 Å². The third kappa shape index (κ3) is 4.81. The molecule has 0 spiro atoms. The molecule has 0 aliphatic carbocycles. The number of benzene rings is 2. The summed E-state index contributed by atoms with van der Waals surface area (Å²) in [5.41, 5.74) is 2.67. The van der Waals surface area contributed by atoms with Crippen molar-refractivity contribution >= 4 is 44.6 Å². The molecule has 0 atom stereocenters. The summed E-state index contributed by atoms with van der Waals surface area (Å²) in [7, 11) is 1.64. The highest BCUT2D eigenvalue weighted by molar-refractivity contribution is 9.10. The number of hydrogen-bond acceptors (Lipinski definition) is 4. The van der Waals surface area contributed by atoms with E-state index in [4.69, 9.17) is 9.47 Å². The van der Waals surface area contributed by atoms with Crippen LogP contribution in [0.2, 0.25) is 0 Å². The van der Waals surface area contributed by atoms with Gasteiger partial charge in [-0.3, -0.25) is 0 Å². The van der Waals surface area contributed by atoms with Crippen molar-refractivity contribution in [3.8, 4) is 5.75 Å². The number of ether oxygens (including phenoxy) is 2. The number of aryl methyl sites for hydroxylation is 1. The Morgan fingerprint density at radius 2 is 1.93 bits per heavy atom. The summed E-state index contributed by atoms with van der Waals surface area (Å²) in [4.78, 5) is 14.1. The van der Waals surface area contributed by atoms with Gasteiger partial charge in [-0.15, -0.1) is 11.8 Å². The van der Waals surface area contributed by atoms with Gasteiger partial charge in [0.2, 0.25) is 0 Å². The molecule has 29 heavy (non-hydrogen) atoms. The quantitative estimate of drug-likeness (QED) is 0.255. The van der Waals surface area contributed by atoms with E-state index in [2.05, 4.69) is 39.6 Å². The Morgan fingerprint density at radius 1 is 1.17 bits per heavy atom. The van der Waals surface area contributed by atoms with E-state index in [1.54, 1.807) is 18.9 Å². The number of esters is 1. The van der Waals surface area contributed by atoms with Crippen molar-refractivity contribution < 1.29 is 14.3 Å². The van der Waals surface area contributed by atoms with Crippen LogP contribution in [0.25, 0.3) is 10.9 Å².